The fraction of sp³-hybridized carbons (Fsp3) is 1.00. The van der Waals surface area contributed by atoms with E-state index in [-0.39, 0.29) is 11.1 Å². The molecule has 0 aliphatic heterocycles. The molecule has 0 aromatic rings. The van der Waals surface area contributed by atoms with Crippen molar-refractivity contribution in [2.45, 2.75) is 92.7 Å². The summed E-state index contributed by atoms with van der Waals surface area (Å²) in [4.78, 5) is 2.57. The molecular weight excluding hydrogens is 246 g/mol. The maximum Gasteiger partial charge on any atom is 0.0478 e. The summed E-state index contributed by atoms with van der Waals surface area (Å²) < 4.78 is 5.78. The molecule has 0 aliphatic carbocycles. The molecule has 20 heavy (non-hydrogen) atoms. The van der Waals surface area contributed by atoms with Crippen molar-refractivity contribution in [3.8, 4) is 0 Å². The molecule has 2 nitrogen and oxygen atoms in total. The van der Waals surface area contributed by atoms with Gasteiger partial charge in [-0.1, -0.05) is 20.8 Å². The van der Waals surface area contributed by atoms with Crippen LogP contribution in [0.15, 0.2) is 0 Å². The fourth-order valence-electron chi connectivity index (χ4n) is 2.81. The van der Waals surface area contributed by atoms with Crippen LogP contribution in [0.5, 0.6) is 0 Å². The highest BCUT2D eigenvalue weighted by atomic mass is 16.5. The summed E-state index contributed by atoms with van der Waals surface area (Å²) in [5.74, 6) is 0. The number of hydrogen-bond donors (Lipinski definition) is 0. The number of hydrogen-bond acceptors (Lipinski definition) is 2. The Kier molecular flexibility index (Phi) is 7.76. The lowest BCUT2D eigenvalue weighted by molar-refractivity contribution is 0.0253. The highest BCUT2D eigenvalue weighted by Crippen LogP contribution is 2.24. The molecule has 0 saturated heterocycles. The van der Waals surface area contributed by atoms with E-state index in [2.05, 4.69) is 67.2 Å². The number of rotatable bonds is 7. The van der Waals surface area contributed by atoms with E-state index in [0.717, 1.165) is 26.2 Å². The lowest BCUT2D eigenvalue weighted by Gasteiger charge is -2.45. The molecule has 0 radical (unpaired) electrons. The third kappa shape index (κ3) is 9.77. The molecule has 0 unspecified atom stereocenters. The largest absolute Gasteiger partial charge is 0.381 e. The van der Waals surface area contributed by atoms with Crippen LogP contribution in [0.4, 0.5) is 0 Å². The molecule has 0 bridgehead atoms. The van der Waals surface area contributed by atoms with Crippen molar-refractivity contribution in [3.63, 3.8) is 0 Å². The zero-order valence-corrected chi connectivity index (χ0v) is 15.6. The van der Waals surface area contributed by atoms with Gasteiger partial charge >= 0.3 is 0 Å². The molecule has 0 saturated carbocycles. The monoisotopic (exact) mass is 285 g/mol. The predicted molar refractivity (Wildman–Crippen MR) is 90.3 cm³/mol. The van der Waals surface area contributed by atoms with Crippen LogP contribution in [-0.4, -0.2) is 35.7 Å². The quantitative estimate of drug-likeness (QED) is 0.602. The number of ether oxygens (including phenoxy) is 1. The second-order valence-corrected chi connectivity index (χ2v) is 9.12. The first-order valence-electron chi connectivity index (χ1n) is 8.19. The van der Waals surface area contributed by atoms with E-state index in [0.29, 0.717) is 5.41 Å². The first-order valence-corrected chi connectivity index (χ1v) is 8.19. The van der Waals surface area contributed by atoms with E-state index in [1.807, 2.05) is 0 Å². The van der Waals surface area contributed by atoms with Crippen LogP contribution in [-0.2, 0) is 4.74 Å². The van der Waals surface area contributed by atoms with Gasteiger partial charge in [0.2, 0.25) is 0 Å². The van der Waals surface area contributed by atoms with Gasteiger partial charge in [0.25, 0.3) is 0 Å². The zero-order chi connectivity index (χ0) is 16.0. The lowest BCUT2D eigenvalue weighted by atomic mass is 9.91. The first kappa shape index (κ1) is 19.9. The van der Waals surface area contributed by atoms with Crippen LogP contribution in [0.2, 0.25) is 0 Å². The molecule has 0 rings (SSSR count). The smallest absolute Gasteiger partial charge is 0.0478 e. The summed E-state index contributed by atoms with van der Waals surface area (Å²) in [5, 5.41) is 0. The van der Waals surface area contributed by atoms with Crippen molar-refractivity contribution < 1.29 is 4.74 Å². The van der Waals surface area contributed by atoms with Crippen LogP contribution in [0.3, 0.4) is 0 Å². The minimum absolute atomic E-state index is 0.213. The van der Waals surface area contributed by atoms with E-state index in [1.54, 1.807) is 0 Å². The van der Waals surface area contributed by atoms with Crippen molar-refractivity contribution in [1.82, 2.24) is 4.90 Å². The van der Waals surface area contributed by atoms with Crippen LogP contribution >= 0.6 is 0 Å². The van der Waals surface area contributed by atoms with Crippen molar-refractivity contribution in [2.75, 3.05) is 19.8 Å². The highest BCUT2D eigenvalue weighted by molar-refractivity contribution is 4.86. The Bertz CT molecular complexity index is 238. The minimum Gasteiger partial charge on any atom is -0.381 e. The predicted octanol–water partition coefficient (Wildman–Crippen LogP) is 5.12. The standard InChI is InChI=1S/C18H39NO/c1-16(2,3)12-10-14-20-15-11-13-19(17(4,5)6)18(7,8)9/h10-15H2,1-9H3. The van der Waals surface area contributed by atoms with Gasteiger partial charge in [0, 0.05) is 30.8 Å². The van der Waals surface area contributed by atoms with E-state index >= 15 is 0 Å². The van der Waals surface area contributed by atoms with Gasteiger partial charge in [0.05, 0.1) is 0 Å². The molecule has 2 heteroatoms. The summed E-state index contributed by atoms with van der Waals surface area (Å²) in [5.41, 5.74) is 0.855. The van der Waals surface area contributed by atoms with Gasteiger partial charge in [-0.3, -0.25) is 4.90 Å². The molecule has 0 spiro atoms. The van der Waals surface area contributed by atoms with Crippen molar-refractivity contribution >= 4 is 0 Å². The number of nitrogens with zero attached hydrogens (tertiary/aromatic N) is 1. The van der Waals surface area contributed by atoms with Crippen molar-refractivity contribution in [2.24, 2.45) is 5.41 Å². The zero-order valence-electron chi connectivity index (χ0n) is 15.6. The van der Waals surface area contributed by atoms with E-state index in [9.17, 15) is 0 Å². The third-order valence-electron chi connectivity index (χ3n) is 3.51. The average Bonchev–Trinajstić information content (AvgIpc) is 2.16. The van der Waals surface area contributed by atoms with Crippen molar-refractivity contribution in [1.29, 1.82) is 0 Å². The Hall–Kier alpha value is -0.0800. The van der Waals surface area contributed by atoms with Crippen molar-refractivity contribution in [3.05, 3.63) is 0 Å². The topological polar surface area (TPSA) is 12.5 Å². The SMILES string of the molecule is CC(C)(C)CCCOCCCN(C(C)(C)C)C(C)(C)C. The van der Waals surface area contributed by atoms with Gasteiger partial charge in [0.1, 0.15) is 0 Å². The van der Waals surface area contributed by atoms with E-state index < -0.39 is 0 Å². The molecule has 0 atom stereocenters. The molecule has 0 aromatic carbocycles. The summed E-state index contributed by atoms with van der Waals surface area (Å²) in [6.45, 7) is 23.5. The Morgan fingerprint density at radius 3 is 1.55 bits per heavy atom. The van der Waals surface area contributed by atoms with Gasteiger partial charge < -0.3 is 4.74 Å². The second-order valence-electron chi connectivity index (χ2n) is 9.12. The summed E-state index contributed by atoms with van der Waals surface area (Å²) in [6, 6.07) is 0. The molecule has 0 aromatic heterocycles. The second kappa shape index (κ2) is 7.79. The normalized spacial score (nSPS) is 14.1. The third-order valence-corrected chi connectivity index (χ3v) is 3.51. The average molecular weight is 286 g/mol. The maximum absolute atomic E-state index is 5.78. The van der Waals surface area contributed by atoms with Gasteiger partial charge in [-0.05, 0) is 66.2 Å². The summed E-state index contributed by atoms with van der Waals surface area (Å²) >= 11 is 0. The molecule has 0 N–H and O–H groups in total. The van der Waals surface area contributed by atoms with Crippen LogP contribution in [0.1, 0.15) is 81.6 Å². The molecule has 0 fully saturated rings. The van der Waals surface area contributed by atoms with Crippen LogP contribution < -0.4 is 0 Å². The van der Waals surface area contributed by atoms with Crippen LogP contribution in [0, 0.1) is 5.41 Å². The molecular formula is C18H39NO. The van der Waals surface area contributed by atoms with E-state index in [1.165, 1.54) is 12.8 Å². The Morgan fingerprint density at radius 1 is 0.700 bits per heavy atom. The first-order chi connectivity index (χ1) is 8.84. The van der Waals surface area contributed by atoms with Gasteiger partial charge in [-0.2, -0.15) is 0 Å². The molecule has 122 valence electrons. The van der Waals surface area contributed by atoms with E-state index in [4.69, 9.17) is 4.74 Å². The molecule has 0 heterocycles. The molecule has 0 aliphatic rings. The maximum atomic E-state index is 5.78. The molecule has 0 amide bonds. The van der Waals surface area contributed by atoms with Gasteiger partial charge in [0.15, 0.2) is 0 Å². The van der Waals surface area contributed by atoms with Gasteiger partial charge in [-0.25, -0.2) is 0 Å². The summed E-state index contributed by atoms with van der Waals surface area (Å²) in [7, 11) is 0. The van der Waals surface area contributed by atoms with Gasteiger partial charge in [-0.15, -0.1) is 0 Å². The Morgan fingerprint density at radius 2 is 1.15 bits per heavy atom. The Balaban J connectivity index is 3.87. The minimum atomic E-state index is 0.213. The van der Waals surface area contributed by atoms with Crippen LogP contribution in [0.25, 0.3) is 0 Å². The lowest BCUT2D eigenvalue weighted by Crippen LogP contribution is -2.53. The highest BCUT2D eigenvalue weighted by Gasteiger charge is 2.30. The Labute approximate surface area is 128 Å². The summed E-state index contributed by atoms with van der Waals surface area (Å²) in [6.07, 6.45) is 3.53. The fourth-order valence-corrected chi connectivity index (χ4v) is 2.81.